The number of anilines is 1. The molecular weight excluding hydrogens is 328 g/mol. The predicted molar refractivity (Wildman–Crippen MR) is 96.1 cm³/mol. The molecule has 2 aromatic heterocycles. The van der Waals surface area contributed by atoms with Crippen LogP contribution in [0.3, 0.4) is 0 Å². The molecule has 0 bridgehead atoms. The van der Waals surface area contributed by atoms with Crippen molar-refractivity contribution in [2.45, 2.75) is 6.54 Å². The Labute approximate surface area is 142 Å². The van der Waals surface area contributed by atoms with E-state index in [0.717, 1.165) is 32.9 Å². The molecule has 0 saturated heterocycles. The number of nitrogens with zero attached hydrogens (tertiary/aromatic N) is 1. The van der Waals surface area contributed by atoms with Crippen molar-refractivity contribution in [2.24, 2.45) is 0 Å². The number of hydrogen-bond acceptors (Lipinski definition) is 4. The summed E-state index contributed by atoms with van der Waals surface area (Å²) in [5.74, 6) is 0.871. The van der Waals surface area contributed by atoms with Gasteiger partial charge in [-0.1, -0.05) is 54.1 Å². The van der Waals surface area contributed by atoms with Gasteiger partial charge in [0.15, 0.2) is 10.0 Å². The van der Waals surface area contributed by atoms with Gasteiger partial charge >= 0.3 is 0 Å². The van der Waals surface area contributed by atoms with E-state index in [1.807, 2.05) is 42.5 Å². The van der Waals surface area contributed by atoms with Gasteiger partial charge in [-0.05, 0) is 12.1 Å². The minimum atomic E-state index is 0.560. The number of fused-ring (bicyclic) bond motifs is 1. The van der Waals surface area contributed by atoms with Crippen LogP contribution in [0.4, 0.5) is 5.69 Å². The number of nitrogens with one attached hydrogen (secondary N) is 1. The van der Waals surface area contributed by atoms with Crippen LogP contribution in [0.1, 0.15) is 4.88 Å². The van der Waals surface area contributed by atoms with Crippen molar-refractivity contribution >= 4 is 39.6 Å². The van der Waals surface area contributed by atoms with Crippen LogP contribution in [-0.2, 0) is 6.54 Å². The second-order valence-corrected chi connectivity index (χ2v) is 6.83. The number of benzene rings is 2. The Hall–Kier alpha value is -2.30. The summed E-state index contributed by atoms with van der Waals surface area (Å²) in [5.41, 5.74) is 2.90. The second kappa shape index (κ2) is 6.07. The summed E-state index contributed by atoms with van der Waals surface area (Å²) in [6.45, 7) is 0.671. The van der Waals surface area contributed by atoms with Crippen molar-refractivity contribution in [1.82, 2.24) is 4.98 Å². The number of hydrogen-bond donors (Lipinski definition) is 1. The fourth-order valence-electron chi connectivity index (χ4n) is 2.49. The minimum Gasteiger partial charge on any atom is -0.454 e. The van der Waals surface area contributed by atoms with E-state index >= 15 is 0 Å². The Bertz CT molecular complexity index is 946. The molecule has 0 fully saturated rings. The molecule has 114 valence electrons. The summed E-state index contributed by atoms with van der Waals surface area (Å²) in [6.07, 6.45) is 1.79. The van der Waals surface area contributed by atoms with E-state index in [0.29, 0.717) is 11.0 Å². The van der Waals surface area contributed by atoms with Gasteiger partial charge in [-0.2, -0.15) is 0 Å². The normalized spacial score (nSPS) is 11.0. The summed E-state index contributed by atoms with van der Waals surface area (Å²) in [5, 5.41) is 4.48. The van der Waals surface area contributed by atoms with Crippen LogP contribution >= 0.6 is 22.9 Å². The number of para-hydroxylation sites is 1. The van der Waals surface area contributed by atoms with E-state index in [1.165, 1.54) is 11.3 Å². The van der Waals surface area contributed by atoms with Gasteiger partial charge < -0.3 is 9.73 Å². The summed E-state index contributed by atoms with van der Waals surface area (Å²) in [6, 6.07) is 18.3. The molecule has 2 heterocycles. The molecule has 3 nitrogen and oxygen atoms in total. The molecule has 5 heteroatoms. The number of aromatic nitrogens is 1. The van der Waals surface area contributed by atoms with Crippen molar-refractivity contribution < 1.29 is 4.42 Å². The predicted octanol–water partition coefficient (Wildman–Crippen LogP) is 5.82. The highest BCUT2D eigenvalue weighted by Gasteiger charge is 2.10. The van der Waals surface area contributed by atoms with Gasteiger partial charge in [0.2, 0.25) is 0 Å². The monoisotopic (exact) mass is 340 g/mol. The van der Waals surface area contributed by atoms with Crippen LogP contribution in [0, 0.1) is 0 Å². The maximum atomic E-state index is 6.08. The molecule has 0 atom stereocenters. The largest absolute Gasteiger partial charge is 0.454 e. The molecule has 0 aliphatic carbocycles. The summed E-state index contributed by atoms with van der Waals surface area (Å²) in [7, 11) is 0. The SMILES string of the molecule is Clc1ncc(CNc2cccc3cc(-c4ccccc4)oc23)s1. The third-order valence-electron chi connectivity index (χ3n) is 3.58. The van der Waals surface area contributed by atoms with Crippen LogP contribution in [0.2, 0.25) is 4.47 Å². The Morgan fingerprint density at radius 1 is 1.09 bits per heavy atom. The van der Waals surface area contributed by atoms with Crippen LogP contribution in [0.5, 0.6) is 0 Å². The van der Waals surface area contributed by atoms with Gasteiger partial charge in [0, 0.05) is 22.0 Å². The van der Waals surface area contributed by atoms with E-state index < -0.39 is 0 Å². The van der Waals surface area contributed by atoms with Crippen molar-refractivity contribution in [2.75, 3.05) is 5.32 Å². The van der Waals surface area contributed by atoms with Gasteiger partial charge in [-0.3, -0.25) is 0 Å². The Balaban J connectivity index is 1.66. The fraction of sp³-hybridized carbons (Fsp3) is 0.0556. The summed E-state index contributed by atoms with van der Waals surface area (Å²) < 4.78 is 6.64. The third kappa shape index (κ3) is 2.96. The highest BCUT2D eigenvalue weighted by Crippen LogP contribution is 2.32. The molecule has 0 aliphatic rings. The van der Waals surface area contributed by atoms with Crippen molar-refractivity contribution in [3.8, 4) is 11.3 Å². The Kier molecular flexibility index (Phi) is 3.77. The van der Waals surface area contributed by atoms with E-state index in [1.54, 1.807) is 6.20 Å². The van der Waals surface area contributed by atoms with Gasteiger partial charge in [0.1, 0.15) is 5.76 Å². The lowest BCUT2D eigenvalue weighted by molar-refractivity contribution is 0.632. The van der Waals surface area contributed by atoms with Gasteiger partial charge in [-0.25, -0.2) is 4.98 Å². The average molecular weight is 341 g/mol. The molecule has 0 aliphatic heterocycles. The van der Waals surface area contributed by atoms with Crippen LogP contribution in [-0.4, -0.2) is 4.98 Å². The smallest absolute Gasteiger partial charge is 0.183 e. The number of rotatable bonds is 4. The number of halogens is 1. The topological polar surface area (TPSA) is 38.1 Å². The zero-order valence-electron chi connectivity index (χ0n) is 12.1. The zero-order valence-corrected chi connectivity index (χ0v) is 13.7. The van der Waals surface area contributed by atoms with Crippen molar-refractivity contribution in [3.63, 3.8) is 0 Å². The first-order valence-electron chi connectivity index (χ1n) is 7.22. The first-order valence-corrected chi connectivity index (χ1v) is 8.41. The lowest BCUT2D eigenvalue weighted by Crippen LogP contribution is -1.97. The van der Waals surface area contributed by atoms with E-state index in [4.69, 9.17) is 16.0 Å². The first kappa shape index (κ1) is 14.3. The van der Waals surface area contributed by atoms with Crippen LogP contribution in [0.25, 0.3) is 22.3 Å². The highest BCUT2D eigenvalue weighted by atomic mass is 35.5. The van der Waals surface area contributed by atoms with E-state index in [-0.39, 0.29) is 0 Å². The molecule has 4 aromatic rings. The molecule has 0 amide bonds. The molecular formula is C18H13ClN2OS. The Morgan fingerprint density at radius 2 is 1.96 bits per heavy atom. The maximum absolute atomic E-state index is 6.08. The summed E-state index contributed by atoms with van der Waals surface area (Å²) in [4.78, 5) is 5.14. The number of thiazole rings is 1. The first-order chi connectivity index (χ1) is 11.3. The summed E-state index contributed by atoms with van der Waals surface area (Å²) >= 11 is 7.35. The molecule has 0 saturated carbocycles. The fourth-order valence-corrected chi connectivity index (χ4v) is 3.41. The van der Waals surface area contributed by atoms with Gasteiger partial charge in [0.25, 0.3) is 0 Å². The lowest BCUT2D eigenvalue weighted by atomic mass is 10.1. The quantitative estimate of drug-likeness (QED) is 0.508. The molecule has 0 unspecified atom stereocenters. The lowest BCUT2D eigenvalue weighted by Gasteiger charge is -2.04. The third-order valence-corrected chi connectivity index (χ3v) is 4.70. The number of furan rings is 1. The van der Waals surface area contributed by atoms with Gasteiger partial charge in [0.05, 0.1) is 12.2 Å². The standard InChI is InChI=1S/C18H13ClN2OS/c19-18-21-11-14(23-18)10-20-15-8-4-7-13-9-16(22-17(13)15)12-5-2-1-3-6-12/h1-9,11,20H,10H2. The zero-order chi connectivity index (χ0) is 15.6. The van der Waals surface area contributed by atoms with Crippen LogP contribution < -0.4 is 5.32 Å². The van der Waals surface area contributed by atoms with Crippen molar-refractivity contribution in [1.29, 1.82) is 0 Å². The van der Waals surface area contributed by atoms with E-state index in [2.05, 4.69) is 22.4 Å². The molecule has 4 rings (SSSR count). The maximum Gasteiger partial charge on any atom is 0.183 e. The van der Waals surface area contributed by atoms with Crippen LogP contribution in [0.15, 0.2) is 65.2 Å². The minimum absolute atomic E-state index is 0.560. The average Bonchev–Trinajstić information content (AvgIpc) is 3.20. The molecule has 1 N–H and O–H groups in total. The molecule has 0 radical (unpaired) electrons. The molecule has 23 heavy (non-hydrogen) atoms. The molecule has 0 spiro atoms. The van der Waals surface area contributed by atoms with Crippen molar-refractivity contribution in [3.05, 3.63) is 70.1 Å². The second-order valence-electron chi connectivity index (χ2n) is 5.13. The Morgan fingerprint density at radius 3 is 2.74 bits per heavy atom. The highest BCUT2D eigenvalue weighted by molar-refractivity contribution is 7.15. The van der Waals surface area contributed by atoms with Gasteiger partial charge in [-0.15, -0.1) is 11.3 Å². The van der Waals surface area contributed by atoms with E-state index in [9.17, 15) is 0 Å². The molecule has 2 aromatic carbocycles.